The van der Waals surface area contributed by atoms with Crippen LogP contribution >= 0.6 is 15.9 Å². The molecule has 0 heterocycles. The van der Waals surface area contributed by atoms with Gasteiger partial charge in [0.1, 0.15) is 11.5 Å². The SMILES string of the molecule is CCCOc1cccc(Nc2ccc(Br)c(OC)c2)c1N. The minimum atomic E-state index is 0.604. The van der Waals surface area contributed by atoms with E-state index in [4.69, 9.17) is 15.2 Å². The largest absolute Gasteiger partial charge is 0.495 e. The number of nitrogens with one attached hydrogen (secondary N) is 1. The Labute approximate surface area is 133 Å². The third kappa shape index (κ3) is 3.82. The van der Waals surface area contributed by atoms with Crippen molar-refractivity contribution in [3.8, 4) is 11.5 Å². The molecule has 0 aromatic heterocycles. The highest BCUT2D eigenvalue weighted by Crippen LogP contribution is 2.34. The number of hydrogen-bond acceptors (Lipinski definition) is 4. The lowest BCUT2D eigenvalue weighted by molar-refractivity contribution is 0.319. The second-order valence-corrected chi connectivity index (χ2v) is 5.39. The molecule has 2 rings (SSSR count). The minimum Gasteiger partial charge on any atom is -0.495 e. The Hall–Kier alpha value is -1.88. The van der Waals surface area contributed by atoms with Crippen molar-refractivity contribution in [3.05, 3.63) is 40.9 Å². The molecule has 2 aromatic carbocycles. The number of methoxy groups -OCH3 is 1. The van der Waals surface area contributed by atoms with Crippen LogP contribution in [0.1, 0.15) is 13.3 Å². The van der Waals surface area contributed by atoms with Gasteiger partial charge in [0.25, 0.3) is 0 Å². The first-order valence-corrected chi connectivity index (χ1v) is 7.56. The molecular weight excluding hydrogens is 332 g/mol. The third-order valence-corrected chi connectivity index (χ3v) is 3.61. The molecule has 0 bridgehead atoms. The van der Waals surface area contributed by atoms with Crippen LogP contribution < -0.4 is 20.5 Å². The van der Waals surface area contributed by atoms with Crippen LogP contribution in [0.2, 0.25) is 0 Å². The van der Waals surface area contributed by atoms with Gasteiger partial charge in [0.05, 0.1) is 29.6 Å². The molecule has 0 atom stereocenters. The van der Waals surface area contributed by atoms with Crippen molar-refractivity contribution in [2.24, 2.45) is 0 Å². The van der Waals surface area contributed by atoms with Crippen molar-refractivity contribution < 1.29 is 9.47 Å². The van der Waals surface area contributed by atoms with E-state index in [1.165, 1.54) is 0 Å². The van der Waals surface area contributed by atoms with Crippen LogP contribution in [0.25, 0.3) is 0 Å². The number of ether oxygens (including phenoxy) is 2. The Morgan fingerprint density at radius 2 is 2.00 bits per heavy atom. The highest BCUT2D eigenvalue weighted by molar-refractivity contribution is 9.10. The van der Waals surface area contributed by atoms with Crippen molar-refractivity contribution in [2.45, 2.75) is 13.3 Å². The van der Waals surface area contributed by atoms with Gasteiger partial charge in [0.2, 0.25) is 0 Å². The van der Waals surface area contributed by atoms with E-state index < -0.39 is 0 Å². The first kappa shape index (κ1) is 15.5. The normalized spacial score (nSPS) is 10.2. The smallest absolute Gasteiger partial charge is 0.144 e. The van der Waals surface area contributed by atoms with Crippen LogP contribution in [-0.2, 0) is 0 Å². The molecule has 0 aliphatic rings. The standard InChI is InChI=1S/C16H19BrN2O2/c1-3-9-21-14-6-4-5-13(16(14)18)19-11-7-8-12(17)15(10-11)20-2/h4-8,10,19H,3,9,18H2,1-2H3. The van der Waals surface area contributed by atoms with Gasteiger partial charge in [-0.3, -0.25) is 0 Å². The molecule has 0 aliphatic carbocycles. The molecule has 112 valence electrons. The third-order valence-electron chi connectivity index (χ3n) is 2.96. The number of rotatable bonds is 6. The number of halogens is 1. The Morgan fingerprint density at radius 1 is 1.19 bits per heavy atom. The first-order chi connectivity index (χ1) is 10.2. The number of nitrogen functional groups attached to an aromatic ring is 1. The number of nitrogens with two attached hydrogens (primary N) is 1. The zero-order chi connectivity index (χ0) is 15.2. The predicted octanol–water partition coefficient (Wildman–Crippen LogP) is 4.57. The molecule has 0 unspecified atom stereocenters. The number of benzene rings is 2. The Morgan fingerprint density at radius 3 is 2.71 bits per heavy atom. The van der Waals surface area contributed by atoms with E-state index >= 15 is 0 Å². The van der Waals surface area contributed by atoms with E-state index in [0.717, 1.165) is 28.0 Å². The fourth-order valence-electron chi connectivity index (χ4n) is 1.88. The fraction of sp³-hybridized carbons (Fsp3) is 0.250. The lowest BCUT2D eigenvalue weighted by Gasteiger charge is -2.14. The Kier molecular flexibility index (Phi) is 5.33. The molecule has 5 heteroatoms. The summed E-state index contributed by atoms with van der Waals surface area (Å²) < 4.78 is 11.8. The van der Waals surface area contributed by atoms with Crippen LogP contribution in [-0.4, -0.2) is 13.7 Å². The van der Waals surface area contributed by atoms with E-state index in [1.54, 1.807) is 7.11 Å². The van der Waals surface area contributed by atoms with Gasteiger partial charge in [-0.15, -0.1) is 0 Å². The summed E-state index contributed by atoms with van der Waals surface area (Å²) in [6.45, 7) is 2.71. The molecule has 2 aromatic rings. The highest BCUT2D eigenvalue weighted by atomic mass is 79.9. The van der Waals surface area contributed by atoms with Gasteiger partial charge in [-0.25, -0.2) is 0 Å². The number of hydrogen-bond donors (Lipinski definition) is 2. The highest BCUT2D eigenvalue weighted by Gasteiger charge is 2.07. The molecule has 3 N–H and O–H groups in total. The summed E-state index contributed by atoms with van der Waals surface area (Å²) in [5, 5.41) is 3.29. The second kappa shape index (κ2) is 7.22. The first-order valence-electron chi connectivity index (χ1n) is 6.77. The van der Waals surface area contributed by atoms with E-state index in [9.17, 15) is 0 Å². The lowest BCUT2D eigenvalue weighted by Crippen LogP contribution is -2.02. The lowest BCUT2D eigenvalue weighted by atomic mass is 10.2. The zero-order valence-electron chi connectivity index (χ0n) is 12.2. The van der Waals surface area contributed by atoms with E-state index in [-0.39, 0.29) is 0 Å². The second-order valence-electron chi connectivity index (χ2n) is 4.54. The number of anilines is 3. The molecule has 0 saturated heterocycles. The molecule has 0 saturated carbocycles. The summed E-state index contributed by atoms with van der Waals surface area (Å²) in [5.74, 6) is 1.46. The monoisotopic (exact) mass is 350 g/mol. The van der Waals surface area contributed by atoms with Gasteiger partial charge < -0.3 is 20.5 Å². The van der Waals surface area contributed by atoms with E-state index in [1.807, 2.05) is 36.4 Å². The van der Waals surface area contributed by atoms with E-state index in [2.05, 4.69) is 28.2 Å². The molecular formula is C16H19BrN2O2. The molecule has 4 nitrogen and oxygen atoms in total. The van der Waals surface area contributed by atoms with Crippen LogP contribution in [0.4, 0.5) is 17.1 Å². The Bertz CT molecular complexity index is 617. The Balaban J connectivity index is 2.23. The molecule has 0 radical (unpaired) electrons. The quantitative estimate of drug-likeness (QED) is 0.749. The maximum atomic E-state index is 6.14. The topological polar surface area (TPSA) is 56.5 Å². The summed E-state index contributed by atoms with van der Waals surface area (Å²) in [4.78, 5) is 0. The van der Waals surface area contributed by atoms with Gasteiger partial charge in [0.15, 0.2) is 0 Å². The molecule has 0 amide bonds. The molecule has 0 spiro atoms. The number of para-hydroxylation sites is 1. The summed E-state index contributed by atoms with van der Waals surface area (Å²) in [6.07, 6.45) is 0.945. The average Bonchev–Trinajstić information content (AvgIpc) is 2.50. The van der Waals surface area contributed by atoms with E-state index in [0.29, 0.717) is 18.0 Å². The van der Waals surface area contributed by atoms with Crippen LogP contribution in [0.5, 0.6) is 11.5 Å². The van der Waals surface area contributed by atoms with Crippen molar-refractivity contribution in [1.82, 2.24) is 0 Å². The summed E-state index contributed by atoms with van der Waals surface area (Å²) in [7, 11) is 1.64. The predicted molar refractivity (Wildman–Crippen MR) is 90.6 cm³/mol. The van der Waals surface area contributed by atoms with Gasteiger partial charge in [-0.1, -0.05) is 13.0 Å². The average molecular weight is 351 g/mol. The van der Waals surface area contributed by atoms with Crippen LogP contribution in [0.3, 0.4) is 0 Å². The zero-order valence-corrected chi connectivity index (χ0v) is 13.7. The summed E-state index contributed by atoms with van der Waals surface area (Å²) >= 11 is 3.43. The van der Waals surface area contributed by atoms with Gasteiger partial charge in [-0.2, -0.15) is 0 Å². The maximum absolute atomic E-state index is 6.14. The van der Waals surface area contributed by atoms with Gasteiger partial charge >= 0.3 is 0 Å². The van der Waals surface area contributed by atoms with Gasteiger partial charge in [-0.05, 0) is 46.6 Å². The summed E-state index contributed by atoms with van der Waals surface area (Å²) in [6, 6.07) is 11.5. The van der Waals surface area contributed by atoms with Gasteiger partial charge in [0, 0.05) is 11.8 Å². The van der Waals surface area contributed by atoms with Crippen molar-refractivity contribution in [3.63, 3.8) is 0 Å². The van der Waals surface area contributed by atoms with Crippen molar-refractivity contribution >= 4 is 33.0 Å². The van der Waals surface area contributed by atoms with Crippen LogP contribution in [0.15, 0.2) is 40.9 Å². The van der Waals surface area contributed by atoms with Crippen molar-refractivity contribution in [1.29, 1.82) is 0 Å². The molecule has 21 heavy (non-hydrogen) atoms. The molecule has 0 fully saturated rings. The van der Waals surface area contributed by atoms with Crippen LogP contribution in [0, 0.1) is 0 Å². The summed E-state index contributed by atoms with van der Waals surface area (Å²) in [5.41, 5.74) is 8.46. The maximum Gasteiger partial charge on any atom is 0.144 e. The van der Waals surface area contributed by atoms with Crippen molar-refractivity contribution in [2.75, 3.05) is 24.8 Å². The minimum absolute atomic E-state index is 0.604. The molecule has 0 aliphatic heterocycles. The fourth-order valence-corrected chi connectivity index (χ4v) is 2.29.